The van der Waals surface area contributed by atoms with Crippen LogP contribution in [-0.4, -0.2) is 18.1 Å². The number of nitrogens with one attached hydrogen (secondary N) is 1. The Morgan fingerprint density at radius 2 is 2.11 bits per heavy atom. The van der Waals surface area contributed by atoms with Gasteiger partial charge in [-0.1, -0.05) is 25.4 Å². The maximum atomic E-state index is 6.18. The number of nitrogens with zero attached hydrogens (tertiary/aromatic N) is 1. The summed E-state index contributed by atoms with van der Waals surface area (Å²) in [7, 11) is 0. The van der Waals surface area contributed by atoms with Crippen molar-refractivity contribution >= 4 is 28.2 Å². The van der Waals surface area contributed by atoms with Gasteiger partial charge in [-0.05, 0) is 42.6 Å². The van der Waals surface area contributed by atoms with Crippen molar-refractivity contribution < 1.29 is 0 Å². The molecule has 0 saturated carbocycles. The Morgan fingerprint density at radius 1 is 1.32 bits per heavy atom. The minimum absolute atomic E-state index is 0.453. The van der Waals surface area contributed by atoms with Gasteiger partial charge in [-0.2, -0.15) is 0 Å². The molecule has 1 heterocycles. The van der Waals surface area contributed by atoms with Gasteiger partial charge in [-0.15, -0.1) is 0 Å². The van der Waals surface area contributed by atoms with E-state index in [9.17, 15) is 0 Å². The number of pyridine rings is 1. The summed E-state index contributed by atoms with van der Waals surface area (Å²) in [6.07, 6.45) is 1.78. The lowest BCUT2D eigenvalue weighted by Crippen LogP contribution is -2.27. The smallest absolute Gasteiger partial charge is 0.0948 e. The number of halogens is 1. The lowest BCUT2D eigenvalue weighted by Gasteiger charge is -2.20. The van der Waals surface area contributed by atoms with E-state index in [0.29, 0.717) is 18.4 Å². The highest BCUT2D eigenvalue weighted by Crippen LogP contribution is 2.28. The first-order chi connectivity index (χ1) is 9.13. The first-order valence-corrected chi connectivity index (χ1v) is 6.98. The van der Waals surface area contributed by atoms with E-state index in [0.717, 1.165) is 28.2 Å². The van der Waals surface area contributed by atoms with Gasteiger partial charge in [0.05, 0.1) is 16.2 Å². The van der Waals surface area contributed by atoms with E-state index in [4.69, 9.17) is 17.3 Å². The molecule has 3 N–H and O–H groups in total. The number of benzene rings is 1. The molecular formula is C15H20ClN3. The molecule has 102 valence electrons. The largest absolute Gasteiger partial charge is 0.383 e. The van der Waals surface area contributed by atoms with Crippen LogP contribution < -0.4 is 11.1 Å². The van der Waals surface area contributed by atoms with Crippen molar-refractivity contribution in [1.29, 1.82) is 0 Å². The highest BCUT2D eigenvalue weighted by atomic mass is 35.5. The van der Waals surface area contributed by atoms with Gasteiger partial charge in [0.1, 0.15) is 0 Å². The van der Waals surface area contributed by atoms with Gasteiger partial charge in [0.15, 0.2) is 0 Å². The predicted molar refractivity (Wildman–Crippen MR) is 82.6 cm³/mol. The van der Waals surface area contributed by atoms with E-state index in [1.54, 1.807) is 6.20 Å². The fourth-order valence-electron chi connectivity index (χ4n) is 2.11. The monoisotopic (exact) mass is 277 g/mol. The molecule has 1 aromatic carbocycles. The maximum Gasteiger partial charge on any atom is 0.0948 e. The fourth-order valence-corrected chi connectivity index (χ4v) is 2.33. The third-order valence-electron chi connectivity index (χ3n) is 3.52. The van der Waals surface area contributed by atoms with Gasteiger partial charge in [0, 0.05) is 18.1 Å². The molecule has 0 radical (unpaired) electrons. The van der Waals surface area contributed by atoms with Gasteiger partial charge < -0.3 is 11.1 Å². The molecule has 2 aromatic rings. The Morgan fingerprint density at radius 3 is 2.79 bits per heavy atom. The second-order valence-electron chi connectivity index (χ2n) is 5.12. The van der Waals surface area contributed by atoms with Gasteiger partial charge >= 0.3 is 0 Å². The van der Waals surface area contributed by atoms with E-state index in [1.165, 1.54) is 0 Å². The molecule has 2 rings (SSSR count). The Labute approximate surface area is 119 Å². The molecule has 0 spiro atoms. The molecule has 4 heteroatoms. The fraction of sp³-hybridized carbons (Fsp3) is 0.400. The van der Waals surface area contributed by atoms with E-state index in [2.05, 4.69) is 24.1 Å². The molecule has 0 aliphatic carbocycles. The highest BCUT2D eigenvalue weighted by molar-refractivity contribution is 6.35. The van der Waals surface area contributed by atoms with E-state index >= 15 is 0 Å². The topological polar surface area (TPSA) is 50.9 Å². The summed E-state index contributed by atoms with van der Waals surface area (Å²) in [6, 6.07) is 7.76. The van der Waals surface area contributed by atoms with Crippen LogP contribution >= 0.6 is 11.6 Å². The lowest BCUT2D eigenvalue weighted by atomic mass is 9.96. The zero-order chi connectivity index (χ0) is 13.8. The standard InChI is InChI=1S/C15H20ClN3/c1-10(2)11(8-17)9-19-14-6-5-13(16)12-4-3-7-18-15(12)14/h3-7,10-11,19H,8-9,17H2,1-2H3. The molecule has 0 amide bonds. The first-order valence-electron chi connectivity index (χ1n) is 6.60. The molecule has 3 nitrogen and oxygen atoms in total. The van der Waals surface area contributed by atoms with Crippen molar-refractivity contribution in [3.05, 3.63) is 35.5 Å². The van der Waals surface area contributed by atoms with Crippen molar-refractivity contribution in [3.63, 3.8) is 0 Å². The molecule has 0 saturated heterocycles. The zero-order valence-corrected chi connectivity index (χ0v) is 12.1. The van der Waals surface area contributed by atoms with Crippen LogP contribution in [0.15, 0.2) is 30.5 Å². The van der Waals surface area contributed by atoms with Crippen molar-refractivity contribution in [1.82, 2.24) is 4.98 Å². The number of fused-ring (bicyclic) bond motifs is 1. The molecule has 19 heavy (non-hydrogen) atoms. The van der Waals surface area contributed by atoms with Crippen LogP contribution in [0.1, 0.15) is 13.8 Å². The third-order valence-corrected chi connectivity index (χ3v) is 3.85. The van der Waals surface area contributed by atoms with Crippen LogP contribution in [0.2, 0.25) is 5.02 Å². The Bertz CT molecular complexity index is 554. The normalized spacial score (nSPS) is 12.9. The zero-order valence-electron chi connectivity index (χ0n) is 11.4. The third kappa shape index (κ3) is 3.17. The van der Waals surface area contributed by atoms with Crippen molar-refractivity contribution in [2.24, 2.45) is 17.6 Å². The average molecular weight is 278 g/mol. The first kappa shape index (κ1) is 14.1. The number of rotatable bonds is 5. The van der Waals surface area contributed by atoms with Crippen LogP contribution in [0.3, 0.4) is 0 Å². The second-order valence-corrected chi connectivity index (χ2v) is 5.52. The van der Waals surface area contributed by atoms with E-state index in [1.807, 2.05) is 24.3 Å². The van der Waals surface area contributed by atoms with Gasteiger partial charge in [0.25, 0.3) is 0 Å². The minimum Gasteiger partial charge on any atom is -0.383 e. The van der Waals surface area contributed by atoms with E-state index < -0.39 is 0 Å². The summed E-state index contributed by atoms with van der Waals surface area (Å²) >= 11 is 6.18. The second kappa shape index (κ2) is 6.22. The Hall–Kier alpha value is -1.32. The van der Waals surface area contributed by atoms with Crippen LogP contribution in [0.5, 0.6) is 0 Å². The summed E-state index contributed by atoms with van der Waals surface area (Å²) in [5.74, 6) is 1.01. The molecular weight excluding hydrogens is 258 g/mol. The Kier molecular flexibility index (Phi) is 4.61. The molecule has 1 atom stereocenters. The lowest BCUT2D eigenvalue weighted by molar-refractivity contribution is 0.413. The van der Waals surface area contributed by atoms with Crippen LogP contribution in [-0.2, 0) is 0 Å². The van der Waals surface area contributed by atoms with Gasteiger partial charge in [-0.3, -0.25) is 4.98 Å². The summed E-state index contributed by atoms with van der Waals surface area (Å²) in [5.41, 5.74) is 7.72. The maximum absolute atomic E-state index is 6.18. The van der Waals surface area contributed by atoms with Crippen molar-refractivity contribution in [2.45, 2.75) is 13.8 Å². The molecule has 0 fully saturated rings. The van der Waals surface area contributed by atoms with Crippen molar-refractivity contribution in [3.8, 4) is 0 Å². The predicted octanol–water partition coefficient (Wildman–Crippen LogP) is 3.53. The van der Waals surface area contributed by atoms with Crippen LogP contribution in [0.4, 0.5) is 5.69 Å². The van der Waals surface area contributed by atoms with Crippen LogP contribution in [0.25, 0.3) is 10.9 Å². The summed E-state index contributed by atoms with van der Waals surface area (Å²) in [4.78, 5) is 4.41. The number of nitrogens with two attached hydrogens (primary N) is 1. The van der Waals surface area contributed by atoms with E-state index in [-0.39, 0.29) is 0 Å². The molecule has 1 unspecified atom stereocenters. The average Bonchev–Trinajstić information content (AvgIpc) is 2.42. The summed E-state index contributed by atoms with van der Waals surface area (Å²) in [5, 5.41) is 5.15. The quantitative estimate of drug-likeness (QED) is 0.879. The van der Waals surface area contributed by atoms with Gasteiger partial charge in [0.2, 0.25) is 0 Å². The molecule has 1 aromatic heterocycles. The molecule has 0 aliphatic heterocycles. The molecule has 0 bridgehead atoms. The highest BCUT2D eigenvalue weighted by Gasteiger charge is 2.12. The number of aromatic nitrogens is 1. The number of anilines is 1. The van der Waals surface area contributed by atoms with Crippen LogP contribution in [0, 0.1) is 11.8 Å². The van der Waals surface area contributed by atoms with Crippen molar-refractivity contribution in [2.75, 3.05) is 18.4 Å². The summed E-state index contributed by atoms with van der Waals surface area (Å²) in [6.45, 7) is 5.92. The SMILES string of the molecule is CC(C)C(CN)CNc1ccc(Cl)c2cccnc12. The summed E-state index contributed by atoms with van der Waals surface area (Å²) < 4.78 is 0. The molecule has 0 aliphatic rings. The minimum atomic E-state index is 0.453. The Balaban J connectivity index is 2.24. The van der Waals surface area contributed by atoms with Gasteiger partial charge in [-0.25, -0.2) is 0 Å². The number of hydrogen-bond acceptors (Lipinski definition) is 3. The number of hydrogen-bond donors (Lipinski definition) is 2.